The van der Waals surface area contributed by atoms with E-state index in [4.69, 9.17) is 4.98 Å². The van der Waals surface area contributed by atoms with Crippen molar-refractivity contribution in [1.82, 2.24) is 9.88 Å². The van der Waals surface area contributed by atoms with Gasteiger partial charge in [0.1, 0.15) is 5.01 Å². The Kier molecular flexibility index (Phi) is 5.73. The molecule has 0 aliphatic rings. The van der Waals surface area contributed by atoms with Gasteiger partial charge in [-0.25, -0.2) is 4.98 Å². The highest BCUT2D eigenvalue weighted by Gasteiger charge is 2.20. The summed E-state index contributed by atoms with van der Waals surface area (Å²) in [5, 5.41) is 12.7. The van der Waals surface area contributed by atoms with Crippen LogP contribution in [0.1, 0.15) is 49.5 Å². The summed E-state index contributed by atoms with van der Waals surface area (Å²) in [5.41, 5.74) is 2.49. The average Bonchev–Trinajstić information content (AvgIpc) is 2.94. The molecule has 0 fully saturated rings. The topological polar surface area (TPSA) is 36.4 Å². The summed E-state index contributed by atoms with van der Waals surface area (Å²) in [7, 11) is 2.10. The highest BCUT2D eigenvalue weighted by molar-refractivity contribution is 7.09. The highest BCUT2D eigenvalue weighted by Crippen LogP contribution is 2.28. The lowest BCUT2D eigenvalue weighted by molar-refractivity contribution is 0.180. The minimum absolute atomic E-state index is 0.0945. The molecule has 1 aromatic heterocycles. The van der Waals surface area contributed by atoms with Crippen LogP contribution in [0.4, 0.5) is 0 Å². The molecule has 0 aliphatic carbocycles. The zero-order chi connectivity index (χ0) is 16.2. The van der Waals surface area contributed by atoms with Crippen LogP contribution in [-0.4, -0.2) is 28.6 Å². The first kappa shape index (κ1) is 17.1. The maximum atomic E-state index is 9.38. The van der Waals surface area contributed by atoms with E-state index < -0.39 is 0 Å². The Morgan fingerprint density at radius 3 is 2.45 bits per heavy atom. The van der Waals surface area contributed by atoms with Crippen LogP contribution in [-0.2, 0) is 12.0 Å². The second-order valence-electron chi connectivity index (χ2n) is 6.73. The van der Waals surface area contributed by atoms with Crippen LogP contribution in [0.3, 0.4) is 0 Å². The molecular formula is C18H26N2OS. The molecule has 22 heavy (non-hydrogen) atoms. The molecule has 0 spiro atoms. The summed E-state index contributed by atoms with van der Waals surface area (Å²) in [6, 6.07) is 10.6. The summed E-state index contributed by atoms with van der Waals surface area (Å²) in [6.07, 6.45) is 0.734. The minimum Gasteiger partial charge on any atom is -0.396 e. The van der Waals surface area contributed by atoms with Crippen LogP contribution in [0.5, 0.6) is 0 Å². The lowest BCUT2D eigenvalue weighted by Gasteiger charge is -2.27. The molecule has 0 aliphatic heterocycles. The van der Waals surface area contributed by atoms with Crippen molar-refractivity contribution < 1.29 is 5.11 Å². The van der Waals surface area contributed by atoms with E-state index in [9.17, 15) is 5.11 Å². The molecule has 1 unspecified atom stereocenters. The van der Waals surface area contributed by atoms with Gasteiger partial charge in [0, 0.05) is 23.4 Å². The Morgan fingerprint density at radius 1 is 1.23 bits per heavy atom. The minimum atomic E-state index is 0.0945. The van der Waals surface area contributed by atoms with Crippen molar-refractivity contribution in [2.45, 2.75) is 45.2 Å². The zero-order valence-corrected chi connectivity index (χ0v) is 14.7. The first-order chi connectivity index (χ1) is 10.4. The van der Waals surface area contributed by atoms with Gasteiger partial charge in [0.25, 0.3) is 0 Å². The normalized spacial score (nSPS) is 13.5. The fourth-order valence-electron chi connectivity index (χ4n) is 2.49. The van der Waals surface area contributed by atoms with E-state index in [-0.39, 0.29) is 18.1 Å². The molecule has 0 amide bonds. The van der Waals surface area contributed by atoms with Gasteiger partial charge in [0.2, 0.25) is 0 Å². The summed E-state index contributed by atoms with van der Waals surface area (Å²) < 4.78 is 0. The molecule has 3 nitrogen and oxygen atoms in total. The zero-order valence-electron chi connectivity index (χ0n) is 13.9. The van der Waals surface area contributed by atoms with Crippen molar-refractivity contribution >= 4 is 11.3 Å². The third-order valence-corrected chi connectivity index (χ3v) is 4.66. The molecule has 1 atom stereocenters. The van der Waals surface area contributed by atoms with Crippen LogP contribution in [0.25, 0.3) is 0 Å². The van der Waals surface area contributed by atoms with Gasteiger partial charge in [-0.3, -0.25) is 4.90 Å². The van der Waals surface area contributed by atoms with Gasteiger partial charge < -0.3 is 5.11 Å². The lowest BCUT2D eigenvalue weighted by atomic mass is 9.93. The number of rotatable bonds is 6. The largest absolute Gasteiger partial charge is 0.396 e. The van der Waals surface area contributed by atoms with Crippen LogP contribution < -0.4 is 0 Å². The summed E-state index contributed by atoms with van der Waals surface area (Å²) in [4.78, 5) is 7.05. The smallest absolute Gasteiger partial charge is 0.107 e. The molecule has 0 radical (unpaired) electrons. The molecule has 0 saturated heterocycles. The first-order valence-electron chi connectivity index (χ1n) is 7.72. The Hall–Kier alpha value is -1.23. The number of nitrogens with zero attached hydrogens (tertiary/aromatic N) is 2. The fourth-order valence-corrected chi connectivity index (χ4v) is 3.57. The standard InChI is InChI=1S/C18H26N2OS/c1-18(2,3)16-13-22-17(19-16)12-20(4)15(10-11-21)14-8-6-5-7-9-14/h5-9,13,15,21H,10-12H2,1-4H3. The first-order valence-corrected chi connectivity index (χ1v) is 8.60. The number of aliphatic hydroxyl groups is 1. The summed E-state index contributed by atoms with van der Waals surface area (Å²) in [5.74, 6) is 0. The third kappa shape index (κ3) is 4.38. The number of aromatic nitrogens is 1. The molecule has 0 bridgehead atoms. The maximum absolute atomic E-state index is 9.38. The predicted octanol–water partition coefficient (Wildman–Crippen LogP) is 4.00. The number of hydrogen-bond donors (Lipinski definition) is 1. The molecule has 2 aromatic rings. The molecule has 0 saturated carbocycles. The monoisotopic (exact) mass is 318 g/mol. The molecule has 1 aromatic carbocycles. The van der Waals surface area contributed by atoms with Gasteiger partial charge in [-0.2, -0.15) is 0 Å². The molecule has 2 rings (SSSR count). The molecule has 4 heteroatoms. The number of hydrogen-bond acceptors (Lipinski definition) is 4. The van der Waals surface area contributed by atoms with Crippen LogP contribution in [0.15, 0.2) is 35.7 Å². The van der Waals surface area contributed by atoms with Gasteiger partial charge in [0.15, 0.2) is 0 Å². The summed E-state index contributed by atoms with van der Waals surface area (Å²) in [6.45, 7) is 7.56. The second-order valence-corrected chi connectivity index (χ2v) is 7.67. The molecule has 1 N–H and O–H groups in total. The van der Waals surface area contributed by atoms with Crippen molar-refractivity contribution in [1.29, 1.82) is 0 Å². The Morgan fingerprint density at radius 2 is 1.91 bits per heavy atom. The van der Waals surface area contributed by atoms with E-state index in [1.165, 1.54) is 5.56 Å². The van der Waals surface area contributed by atoms with Crippen molar-refractivity contribution in [2.24, 2.45) is 0 Å². The van der Waals surface area contributed by atoms with Crippen LogP contribution >= 0.6 is 11.3 Å². The Balaban J connectivity index is 2.11. The lowest BCUT2D eigenvalue weighted by Crippen LogP contribution is -2.25. The third-order valence-electron chi connectivity index (χ3n) is 3.82. The average molecular weight is 318 g/mol. The number of benzene rings is 1. The van der Waals surface area contributed by atoms with E-state index >= 15 is 0 Å². The Labute approximate surface area is 137 Å². The maximum Gasteiger partial charge on any atom is 0.107 e. The van der Waals surface area contributed by atoms with E-state index in [2.05, 4.69) is 62.4 Å². The predicted molar refractivity (Wildman–Crippen MR) is 93.2 cm³/mol. The highest BCUT2D eigenvalue weighted by atomic mass is 32.1. The van der Waals surface area contributed by atoms with E-state index in [0.29, 0.717) is 0 Å². The number of thiazole rings is 1. The molecular weight excluding hydrogens is 292 g/mol. The van der Waals surface area contributed by atoms with Gasteiger partial charge >= 0.3 is 0 Å². The van der Waals surface area contributed by atoms with Crippen molar-refractivity contribution in [3.8, 4) is 0 Å². The second kappa shape index (κ2) is 7.36. The molecule has 120 valence electrons. The fraction of sp³-hybridized carbons (Fsp3) is 0.500. The van der Waals surface area contributed by atoms with E-state index in [0.717, 1.165) is 23.7 Å². The van der Waals surface area contributed by atoms with Gasteiger partial charge in [-0.1, -0.05) is 51.1 Å². The van der Waals surface area contributed by atoms with Gasteiger partial charge in [-0.15, -0.1) is 11.3 Å². The van der Waals surface area contributed by atoms with Gasteiger partial charge in [0.05, 0.1) is 12.2 Å². The quantitative estimate of drug-likeness (QED) is 0.874. The molecule has 1 heterocycles. The van der Waals surface area contributed by atoms with Gasteiger partial charge in [-0.05, 0) is 19.0 Å². The van der Waals surface area contributed by atoms with Crippen LogP contribution in [0.2, 0.25) is 0 Å². The summed E-state index contributed by atoms with van der Waals surface area (Å²) >= 11 is 1.72. The Bertz CT molecular complexity index is 574. The number of aliphatic hydroxyl groups excluding tert-OH is 1. The van der Waals surface area contributed by atoms with Crippen molar-refractivity contribution in [3.05, 3.63) is 52.0 Å². The van der Waals surface area contributed by atoms with Crippen molar-refractivity contribution in [3.63, 3.8) is 0 Å². The SMILES string of the molecule is CN(Cc1nc(C(C)(C)C)cs1)C(CCO)c1ccccc1. The van der Waals surface area contributed by atoms with E-state index in [1.54, 1.807) is 11.3 Å². The van der Waals surface area contributed by atoms with E-state index in [1.807, 2.05) is 6.07 Å². The van der Waals surface area contributed by atoms with Crippen molar-refractivity contribution in [2.75, 3.05) is 13.7 Å². The van der Waals surface area contributed by atoms with Crippen LogP contribution in [0, 0.1) is 0 Å².